The minimum Gasteiger partial charge on any atom is -0.478 e. The summed E-state index contributed by atoms with van der Waals surface area (Å²) in [4.78, 5) is 11.3. The summed E-state index contributed by atoms with van der Waals surface area (Å²) in [7, 11) is 0. The molecule has 0 aliphatic heterocycles. The third-order valence-corrected chi connectivity index (χ3v) is 6.35. The van der Waals surface area contributed by atoms with E-state index in [2.05, 4.69) is 5.32 Å². The number of carboxylic acid groups (broad SMARTS) is 1. The number of rotatable bonds is 5. The fourth-order valence-corrected chi connectivity index (χ4v) is 4.35. The highest BCUT2D eigenvalue weighted by molar-refractivity contribution is 5.92. The van der Waals surface area contributed by atoms with Crippen LogP contribution in [0.15, 0.2) is 23.8 Å². The molecule has 0 heterocycles. The number of nitrogens with one attached hydrogen (secondary N) is 1. The quantitative estimate of drug-likeness (QED) is 0.563. The van der Waals surface area contributed by atoms with Gasteiger partial charge in [-0.25, -0.2) is 9.18 Å². The van der Waals surface area contributed by atoms with Crippen LogP contribution >= 0.6 is 0 Å². The second-order valence-electron chi connectivity index (χ2n) is 8.24. The third kappa shape index (κ3) is 4.21. The molecular weight excluding hydrogens is 365 g/mol. The molecule has 2 N–H and O–H groups in total. The van der Waals surface area contributed by atoms with Crippen LogP contribution in [-0.4, -0.2) is 17.1 Å². The second kappa shape index (κ2) is 8.40. The van der Waals surface area contributed by atoms with E-state index in [9.17, 15) is 9.90 Å². The lowest BCUT2D eigenvalue weighted by Crippen LogP contribution is -2.14. The monoisotopic (exact) mass is 395 g/mol. The Balaban J connectivity index is 2.05. The van der Waals surface area contributed by atoms with Gasteiger partial charge in [0.2, 0.25) is 0 Å². The average molecular weight is 396 g/mol. The Labute approximate surface area is 172 Å². The number of hydrogen-bond donors (Lipinski definition) is 2. The normalized spacial score (nSPS) is 15.0. The molecule has 0 bridgehead atoms. The van der Waals surface area contributed by atoms with Crippen LogP contribution < -0.4 is 5.32 Å². The van der Waals surface area contributed by atoms with Gasteiger partial charge >= 0.3 is 5.97 Å². The predicted octanol–water partition coefficient (Wildman–Crippen LogP) is 6.57. The summed E-state index contributed by atoms with van der Waals surface area (Å²) in [5.41, 5.74) is 7.44. The number of benzene rings is 2. The standard InChI is InChI=1S/C25H30FNO2/c1-14(25(28)29)12-22-15(2)17(4)24(18(5)16(22)3)21-11-10-20(13-23(21)26)27-19-8-6-7-9-19/h10-13,19,27H,6-9H2,1-5H3,(H,28,29). The Morgan fingerprint density at radius 2 is 1.66 bits per heavy atom. The van der Waals surface area contributed by atoms with Gasteiger partial charge in [-0.3, -0.25) is 0 Å². The predicted molar refractivity (Wildman–Crippen MR) is 118 cm³/mol. The molecule has 3 nitrogen and oxygen atoms in total. The molecular formula is C25H30FNO2. The van der Waals surface area contributed by atoms with Crippen molar-refractivity contribution in [1.29, 1.82) is 0 Å². The van der Waals surface area contributed by atoms with Crippen molar-refractivity contribution in [3.63, 3.8) is 0 Å². The number of aliphatic carboxylic acids is 1. The molecule has 1 fully saturated rings. The molecule has 0 unspecified atom stereocenters. The van der Waals surface area contributed by atoms with Crippen molar-refractivity contribution in [1.82, 2.24) is 0 Å². The topological polar surface area (TPSA) is 49.3 Å². The molecule has 0 spiro atoms. The van der Waals surface area contributed by atoms with Crippen molar-refractivity contribution in [2.24, 2.45) is 0 Å². The first-order valence-corrected chi connectivity index (χ1v) is 10.3. The molecule has 1 aliphatic rings. The van der Waals surface area contributed by atoms with Gasteiger partial charge in [-0.15, -0.1) is 0 Å². The Morgan fingerprint density at radius 3 is 2.17 bits per heavy atom. The van der Waals surface area contributed by atoms with Crippen LogP contribution in [0.25, 0.3) is 17.2 Å². The molecule has 1 saturated carbocycles. The Kier molecular flexibility index (Phi) is 6.11. The number of carbonyl (C=O) groups is 1. The van der Waals surface area contributed by atoms with Crippen molar-refractivity contribution in [3.8, 4) is 11.1 Å². The minimum absolute atomic E-state index is 0.233. The van der Waals surface area contributed by atoms with Crippen LogP contribution in [0.3, 0.4) is 0 Å². The van der Waals surface area contributed by atoms with E-state index in [4.69, 9.17) is 0 Å². The van der Waals surface area contributed by atoms with Crippen LogP contribution in [0, 0.1) is 33.5 Å². The summed E-state index contributed by atoms with van der Waals surface area (Å²) >= 11 is 0. The van der Waals surface area contributed by atoms with Gasteiger partial charge in [-0.1, -0.05) is 12.8 Å². The Morgan fingerprint density at radius 1 is 1.07 bits per heavy atom. The van der Waals surface area contributed by atoms with Gasteiger partial charge in [-0.05, 0) is 105 Å². The lowest BCUT2D eigenvalue weighted by molar-refractivity contribution is -0.132. The van der Waals surface area contributed by atoms with E-state index in [0.29, 0.717) is 11.6 Å². The SMILES string of the molecule is CC(=Cc1c(C)c(C)c(-c2ccc(NC3CCCC3)cc2F)c(C)c1C)C(=O)O. The fraction of sp³-hybridized carbons (Fsp3) is 0.400. The molecule has 4 heteroatoms. The van der Waals surface area contributed by atoms with Crippen molar-refractivity contribution >= 4 is 17.7 Å². The summed E-state index contributed by atoms with van der Waals surface area (Å²) in [6.45, 7) is 9.50. The van der Waals surface area contributed by atoms with Crippen molar-refractivity contribution in [2.75, 3.05) is 5.32 Å². The fourth-order valence-electron chi connectivity index (χ4n) is 4.35. The van der Waals surface area contributed by atoms with Crippen molar-refractivity contribution < 1.29 is 14.3 Å². The maximum Gasteiger partial charge on any atom is 0.331 e. The van der Waals surface area contributed by atoms with Gasteiger partial charge in [0.25, 0.3) is 0 Å². The number of hydrogen-bond acceptors (Lipinski definition) is 2. The smallest absolute Gasteiger partial charge is 0.331 e. The van der Waals surface area contributed by atoms with Crippen LogP contribution in [0.5, 0.6) is 0 Å². The minimum atomic E-state index is -0.931. The van der Waals surface area contributed by atoms with E-state index in [1.165, 1.54) is 12.8 Å². The third-order valence-electron chi connectivity index (χ3n) is 6.35. The zero-order chi connectivity index (χ0) is 21.3. The number of halogens is 1. The van der Waals surface area contributed by atoms with E-state index >= 15 is 4.39 Å². The van der Waals surface area contributed by atoms with Gasteiger partial charge < -0.3 is 10.4 Å². The lowest BCUT2D eigenvalue weighted by Gasteiger charge is -2.21. The highest BCUT2D eigenvalue weighted by atomic mass is 19.1. The van der Waals surface area contributed by atoms with E-state index in [1.54, 1.807) is 19.1 Å². The van der Waals surface area contributed by atoms with E-state index < -0.39 is 5.97 Å². The van der Waals surface area contributed by atoms with E-state index in [0.717, 1.165) is 51.9 Å². The molecule has 0 radical (unpaired) electrons. The molecule has 2 aromatic rings. The van der Waals surface area contributed by atoms with Gasteiger partial charge in [0.1, 0.15) is 5.82 Å². The lowest BCUT2D eigenvalue weighted by atomic mass is 9.85. The summed E-state index contributed by atoms with van der Waals surface area (Å²) in [5.74, 6) is -1.16. The summed E-state index contributed by atoms with van der Waals surface area (Å²) < 4.78 is 15.1. The van der Waals surface area contributed by atoms with Crippen LogP contribution in [0.2, 0.25) is 0 Å². The second-order valence-corrected chi connectivity index (χ2v) is 8.24. The first-order valence-electron chi connectivity index (χ1n) is 10.3. The Bertz CT molecular complexity index is 956. The van der Waals surface area contributed by atoms with Gasteiger partial charge in [0.05, 0.1) is 0 Å². The molecule has 0 aromatic heterocycles. The van der Waals surface area contributed by atoms with E-state index in [-0.39, 0.29) is 11.4 Å². The van der Waals surface area contributed by atoms with Gasteiger partial charge in [0.15, 0.2) is 0 Å². The molecule has 29 heavy (non-hydrogen) atoms. The van der Waals surface area contributed by atoms with Crippen LogP contribution in [0.4, 0.5) is 10.1 Å². The van der Waals surface area contributed by atoms with Crippen molar-refractivity contribution in [2.45, 2.75) is 66.3 Å². The molecule has 0 amide bonds. The molecule has 0 saturated heterocycles. The molecule has 0 atom stereocenters. The molecule has 154 valence electrons. The van der Waals surface area contributed by atoms with Gasteiger partial charge in [-0.2, -0.15) is 0 Å². The highest BCUT2D eigenvalue weighted by Gasteiger charge is 2.19. The molecule has 3 rings (SSSR count). The highest BCUT2D eigenvalue weighted by Crippen LogP contribution is 2.37. The first-order chi connectivity index (χ1) is 13.7. The zero-order valence-electron chi connectivity index (χ0n) is 17.9. The molecule has 1 aliphatic carbocycles. The molecule has 2 aromatic carbocycles. The number of anilines is 1. The Hall–Kier alpha value is -2.62. The average Bonchev–Trinajstić information content (AvgIpc) is 3.18. The van der Waals surface area contributed by atoms with Crippen LogP contribution in [0.1, 0.15) is 60.4 Å². The summed E-state index contributed by atoms with van der Waals surface area (Å²) in [6.07, 6.45) is 6.46. The van der Waals surface area contributed by atoms with Crippen molar-refractivity contribution in [3.05, 3.63) is 57.4 Å². The largest absolute Gasteiger partial charge is 0.478 e. The summed E-state index contributed by atoms with van der Waals surface area (Å²) in [5, 5.41) is 12.7. The maximum atomic E-state index is 15.1. The van der Waals surface area contributed by atoms with E-state index in [1.807, 2.05) is 39.8 Å². The van der Waals surface area contributed by atoms with Crippen LogP contribution in [-0.2, 0) is 4.79 Å². The zero-order valence-corrected chi connectivity index (χ0v) is 17.9. The first kappa shape index (κ1) is 21.1. The van der Waals surface area contributed by atoms with Gasteiger partial charge in [0, 0.05) is 22.9 Å². The maximum absolute atomic E-state index is 15.1. The number of carboxylic acids is 1. The summed E-state index contributed by atoms with van der Waals surface area (Å²) in [6, 6.07) is 5.86.